The summed E-state index contributed by atoms with van der Waals surface area (Å²) < 4.78 is 30.2. The van der Waals surface area contributed by atoms with Crippen LogP contribution in [0, 0.1) is 0 Å². The number of amides is 1. The molecule has 2 rings (SSSR count). The monoisotopic (exact) mass is 382 g/mol. The molecule has 1 aromatic rings. The minimum absolute atomic E-state index is 0.0725. The molecule has 0 unspecified atom stereocenters. The van der Waals surface area contributed by atoms with Crippen LogP contribution in [0.25, 0.3) is 0 Å². The van der Waals surface area contributed by atoms with Gasteiger partial charge in [0.25, 0.3) is 5.91 Å². The van der Waals surface area contributed by atoms with Gasteiger partial charge in [-0.05, 0) is 43.5 Å². The minimum atomic E-state index is -3.30. The van der Waals surface area contributed by atoms with Crippen molar-refractivity contribution in [1.82, 2.24) is 5.32 Å². The Morgan fingerprint density at radius 2 is 1.77 bits per heavy atom. The molecule has 26 heavy (non-hydrogen) atoms. The molecule has 0 aromatic heterocycles. The van der Waals surface area contributed by atoms with Gasteiger partial charge >= 0.3 is 0 Å². The van der Waals surface area contributed by atoms with Gasteiger partial charge in [-0.15, -0.1) is 0 Å². The van der Waals surface area contributed by atoms with Crippen molar-refractivity contribution in [2.24, 2.45) is 0 Å². The Labute approximate surface area is 157 Å². The van der Waals surface area contributed by atoms with Gasteiger partial charge < -0.3 is 10.1 Å². The minimum Gasteiger partial charge on any atom is -0.481 e. The third-order valence-electron chi connectivity index (χ3n) is 4.84. The Hall–Kier alpha value is -1.76. The number of anilines is 1. The highest BCUT2D eigenvalue weighted by atomic mass is 32.2. The number of hydrogen-bond donors (Lipinski definition) is 1. The molecule has 1 atom stereocenters. The van der Waals surface area contributed by atoms with Gasteiger partial charge in [0.15, 0.2) is 6.10 Å². The first kappa shape index (κ1) is 20.6. The molecule has 1 N–H and O–H groups in total. The molecule has 0 radical (unpaired) electrons. The van der Waals surface area contributed by atoms with Gasteiger partial charge in [0, 0.05) is 13.1 Å². The summed E-state index contributed by atoms with van der Waals surface area (Å²) in [6.07, 6.45) is 8.07. The lowest BCUT2D eigenvalue weighted by Crippen LogP contribution is -2.43. The van der Waals surface area contributed by atoms with E-state index in [9.17, 15) is 13.2 Å². The fourth-order valence-corrected chi connectivity index (χ4v) is 3.64. The average molecular weight is 383 g/mol. The Morgan fingerprint density at radius 3 is 2.27 bits per heavy atom. The van der Waals surface area contributed by atoms with Crippen LogP contribution >= 0.6 is 0 Å². The van der Waals surface area contributed by atoms with Crippen molar-refractivity contribution >= 4 is 21.6 Å². The Morgan fingerprint density at radius 1 is 1.19 bits per heavy atom. The van der Waals surface area contributed by atoms with Crippen molar-refractivity contribution in [3.63, 3.8) is 0 Å². The zero-order chi connectivity index (χ0) is 19.2. The molecular formula is C19H30N2O4S. The lowest BCUT2D eigenvalue weighted by molar-refractivity contribution is -0.128. The van der Waals surface area contributed by atoms with Gasteiger partial charge in [0.2, 0.25) is 10.0 Å². The van der Waals surface area contributed by atoms with E-state index in [0.717, 1.165) is 31.9 Å². The van der Waals surface area contributed by atoms with Crippen molar-refractivity contribution in [2.75, 3.05) is 17.6 Å². The van der Waals surface area contributed by atoms with Crippen LogP contribution in [-0.4, -0.2) is 39.8 Å². The van der Waals surface area contributed by atoms with E-state index in [1.54, 1.807) is 24.3 Å². The van der Waals surface area contributed by atoms with E-state index >= 15 is 0 Å². The van der Waals surface area contributed by atoms with Crippen LogP contribution in [-0.2, 0) is 14.8 Å². The smallest absolute Gasteiger partial charge is 0.261 e. The lowest BCUT2D eigenvalue weighted by atomic mass is 10.1. The molecule has 0 heterocycles. The number of nitrogens with zero attached hydrogens (tertiary/aromatic N) is 1. The number of ether oxygens (including phenoxy) is 1. The molecule has 0 bridgehead atoms. The Bertz CT molecular complexity index is 680. The molecule has 0 saturated heterocycles. The van der Waals surface area contributed by atoms with E-state index in [4.69, 9.17) is 4.74 Å². The maximum Gasteiger partial charge on any atom is 0.261 e. The standard InChI is InChI=1S/C19H30N2O4S/c1-4-18(19(22)20-15-9-7-5-6-8-10-15)25-17-13-11-16(12-14-17)21(2)26(3,23)24/h11-15,18H,4-10H2,1-3H3,(H,20,22)/t18-/m0/s1. The van der Waals surface area contributed by atoms with Crippen LogP contribution in [0.2, 0.25) is 0 Å². The summed E-state index contributed by atoms with van der Waals surface area (Å²) in [7, 11) is -1.80. The predicted octanol–water partition coefficient (Wildman–Crippen LogP) is 3.08. The molecule has 0 aliphatic heterocycles. The number of sulfonamides is 1. The maximum absolute atomic E-state index is 12.5. The molecule has 1 amide bonds. The first-order valence-electron chi connectivity index (χ1n) is 9.32. The highest BCUT2D eigenvalue weighted by Gasteiger charge is 2.22. The van der Waals surface area contributed by atoms with Crippen molar-refractivity contribution in [2.45, 2.75) is 64.0 Å². The van der Waals surface area contributed by atoms with Gasteiger partial charge in [0.1, 0.15) is 5.75 Å². The highest BCUT2D eigenvalue weighted by molar-refractivity contribution is 7.92. The summed E-state index contributed by atoms with van der Waals surface area (Å²) in [6, 6.07) is 6.98. The van der Waals surface area contributed by atoms with Crippen molar-refractivity contribution < 1.29 is 17.9 Å². The Balaban J connectivity index is 1.97. The maximum atomic E-state index is 12.5. The number of rotatable bonds is 7. The summed E-state index contributed by atoms with van der Waals surface area (Å²) in [5, 5.41) is 3.13. The quantitative estimate of drug-likeness (QED) is 0.735. The summed E-state index contributed by atoms with van der Waals surface area (Å²) in [6.45, 7) is 1.92. The summed E-state index contributed by atoms with van der Waals surface area (Å²) in [5.41, 5.74) is 0.552. The zero-order valence-electron chi connectivity index (χ0n) is 15.9. The van der Waals surface area contributed by atoms with Gasteiger partial charge in [-0.25, -0.2) is 8.42 Å². The SMILES string of the molecule is CC[C@H](Oc1ccc(N(C)S(C)(=O)=O)cc1)C(=O)NC1CCCCCC1. The summed E-state index contributed by atoms with van der Waals surface area (Å²) in [4.78, 5) is 12.5. The average Bonchev–Trinajstić information content (AvgIpc) is 2.87. The molecule has 1 aliphatic carbocycles. The molecular weight excluding hydrogens is 352 g/mol. The van der Waals surface area contributed by atoms with E-state index < -0.39 is 16.1 Å². The number of carbonyl (C=O) groups is 1. The topological polar surface area (TPSA) is 75.7 Å². The van der Waals surface area contributed by atoms with Gasteiger partial charge in [-0.2, -0.15) is 0 Å². The molecule has 1 fully saturated rings. The number of carbonyl (C=O) groups excluding carboxylic acids is 1. The van der Waals surface area contributed by atoms with Crippen LogP contribution in [0.3, 0.4) is 0 Å². The summed E-state index contributed by atoms with van der Waals surface area (Å²) >= 11 is 0. The second kappa shape index (κ2) is 9.26. The van der Waals surface area contributed by atoms with Crippen molar-refractivity contribution in [3.05, 3.63) is 24.3 Å². The second-order valence-corrected chi connectivity index (χ2v) is 8.95. The van der Waals surface area contributed by atoms with E-state index in [-0.39, 0.29) is 11.9 Å². The molecule has 1 aromatic carbocycles. The molecule has 146 valence electrons. The second-order valence-electron chi connectivity index (χ2n) is 6.94. The first-order chi connectivity index (χ1) is 12.3. The molecule has 1 aliphatic rings. The van der Waals surface area contributed by atoms with Crippen molar-refractivity contribution in [1.29, 1.82) is 0 Å². The predicted molar refractivity (Wildman–Crippen MR) is 104 cm³/mol. The van der Waals surface area contributed by atoms with Crippen molar-refractivity contribution in [3.8, 4) is 5.75 Å². The van der Waals surface area contributed by atoms with Crippen LogP contribution in [0.15, 0.2) is 24.3 Å². The number of benzene rings is 1. The third kappa shape index (κ3) is 5.90. The normalized spacial score (nSPS) is 17.2. The van der Waals surface area contributed by atoms with Crippen LogP contribution in [0.5, 0.6) is 5.75 Å². The van der Waals surface area contributed by atoms with Gasteiger partial charge in [0.05, 0.1) is 11.9 Å². The fraction of sp³-hybridized carbons (Fsp3) is 0.632. The Kier molecular flexibility index (Phi) is 7.32. The zero-order valence-corrected chi connectivity index (χ0v) is 16.7. The van der Waals surface area contributed by atoms with Crippen LogP contribution < -0.4 is 14.4 Å². The third-order valence-corrected chi connectivity index (χ3v) is 6.05. The molecule has 6 nitrogen and oxygen atoms in total. The van der Waals surface area contributed by atoms with E-state index in [1.165, 1.54) is 24.2 Å². The van der Waals surface area contributed by atoms with Crippen LogP contribution in [0.1, 0.15) is 51.9 Å². The van der Waals surface area contributed by atoms with Crippen LogP contribution in [0.4, 0.5) is 5.69 Å². The van der Waals surface area contributed by atoms with E-state index in [2.05, 4.69) is 5.32 Å². The van der Waals surface area contributed by atoms with Gasteiger partial charge in [-0.3, -0.25) is 9.10 Å². The van der Waals surface area contributed by atoms with E-state index in [0.29, 0.717) is 17.9 Å². The first-order valence-corrected chi connectivity index (χ1v) is 11.2. The number of hydrogen-bond acceptors (Lipinski definition) is 4. The van der Waals surface area contributed by atoms with E-state index in [1.807, 2.05) is 6.92 Å². The highest BCUT2D eigenvalue weighted by Crippen LogP contribution is 2.22. The molecule has 7 heteroatoms. The largest absolute Gasteiger partial charge is 0.481 e. The molecule has 1 saturated carbocycles. The number of nitrogens with one attached hydrogen (secondary N) is 1. The fourth-order valence-electron chi connectivity index (χ4n) is 3.13. The molecule has 0 spiro atoms. The lowest BCUT2D eigenvalue weighted by Gasteiger charge is -2.22. The van der Waals surface area contributed by atoms with Gasteiger partial charge in [-0.1, -0.05) is 32.6 Å². The summed E-state index contributed by atoms with van der Waals surface area (Å²) in [5.74, 6) is 0.482.